The molecule has 3 nitrogen and oxygen atoms in total. The highest BCUT2D eigenvalue weighted by atomic mass is 15.3. The Bertz CT molecular complexity index is 220. The van der Waals surface area contributed by atoms with Gasteiger partial charge in [-0.3, -0.25) is 4.90 Å². The van der Waals surface area contributed by atoms with Crippen LogP contribution in [0.25, 0.3) is 0 Å². The quantitative estimate of drug-likeness (QED) is 0.803. The molecule has 2 rings (SSSR count). The summed E-state index contributed by atoms with van der Waals surface area (Å²) in [5, 5.41) is 3.46. The summed E-state index contributed by atoms with van der Waals surface area (Å²) >= 11 is 0. The van der Waals surface area contributed by atoms with Crippen LogP contribution in [-0.2, 0) is 0 Å². The molecular formula is C14H29N3. The van der Waals surface area contributed by atoms with Gasteiger partial charge in [0.05, 0.1) is 0 Å². The summed E-state index contributed by atoms with van der Waals surface area (Å²) < 4.78 is 0. The first-order valence-corrected chi connectivity index (χ1v) is 7.24. The molecule has 0 spiro atoms. The van der Waals surface area contributed by atoms with Crippen LogP contribution in [0.15, 0.2) is 0 Å². The maximum Gasteiger partial charge on any atom is 0.0126 e. The van der Waals surface area contributed by atoms with Crippen LogP contribution >= 0.6 is 0 Å². The molecule has 2 fully saturated rings. The SMILES string of the molecule is CC(C)(C)N1CCN(CCC2CCNC2)CC1. The lowest BCUT2D eigenvalue weighted by molar-refractivity contribution is 0.0602. The van der Waals surface area contributed by atoms with Crippen molar-refractivity contribution >= 4 is 0 Å². The monoisotopic (exact) mass is 239 g/mol. The maximum absolute atomic E-state index is 3.46. The van der Waals surface area contributed by atoms with Crippen LogP contribution in [-0.4, -0.2) is 61.2 Å². The second-order valence-electron chi connectivity index (χ2n) is 6.65. The molecule has 1 unspecified atom stereocenters. The van der Waals surface area contributed by atoms with E-state index in [0.717, 1.165) is 5.92 Å². The van der Waals surface area contributed by atoms with Crippen LogP contribution in [0, 0.1) is 5.92 Å². The molecule has 0 bridgehead atoms. The highest BCUT2D eigenvalue weighted by Crippen LogP contribution is 2.17. The van der Waals surface area contributed by atoms with E-state index in [-0.39, 0.29) is 0 Å². The molecule has 1 N–H and O–H groups in total. The van der Waals surface area contributed by atoms with Gasteiger partial charge in [0.1, 0.15) is 0 Å². The Morgan fingerprint density at radius 2 is 1.82 bits per heavy atom. The summed E-state index contributed by atoms with van der Waals surface area (Å²) in [7, 11) is 0. The highest BCUT2D eigenvalue weighted by molar-refractivity contribution is 4.82. The van der Waals surface area contributed by atoms with Gasteiger partial charge in [-0.25, -0.2) is 0 Å². The Morgan fingerprint density at radius 1 is 1.12 bits per heavy atom. The molecule has 100 valence electrons. The fourth-order valence-electron chi connectivity index (χ4n) is 2.97. The Morgan fingerprint density at radius 3 is 2.35 bits per heavy atom. The first kappa shape index (κ1) is 13.3. The van der Waals surface area contributed by atoms with E-state index in [1.54, 1.807) is 0 Å². The van der Waals surface area contributed by atoms with Gasteiger partial charge in [0.25, 0.3) is 0 Å². The van der Waals surface area contributed by atoms with E-state index < -0.39 is 0 Å². The average molecular weight is 239 g/mol. The van der Waals surface area contributed by atoms with E-state index in [1.807, 2.05) is 0 Å². The van der Waals surface area contributed by atoms with Gasteiger partial charge < -0.3 is 10.2 Å². The van der Waals surface area contributed by atoms with Gasteiger partial charge in [-0.05, 0) is 59.2 Å². The molecule has 3 heteroatoms. The van der Waals surface area contributed by atoms with Gasteiger partial charge in [0.2, 0.25) is 0 Å². The first-order valence-electron chi connectivity index (χ1n) is 7.24. The summed E-state index contributed by atoms with van der Waals surface area (Å²) in [5.41, 5.74) is 0.349. The van der Waals surface area contributed by atoms with Gasteiger partial charge in [-0.2, -0.15) is 0 Å². The maximum atomic E-state index is 3.46. The minimum atomic E-state index is 0.349. The first-order chi connectivity index (χ1) is 8.05. The molecule has 0 aromatic carbocycles. The molecule has 2 aliphatic heterocycles. The predicted octanol–water partition coefficient (Wildman–Crippen LogP) is 1.40. The van der Waals surface area contributed by atoms with Crippen molar-refractivity contribution in [2.24, 2.45) is 5.92 Å². The zero-order valence-electron chi connectivity index (χ0n) is 11.8. The second-order valence-corrected chi connectivity index (χ2v) is 6.65. The number of piperazine rings is 1. The normalized spacial score (nSPS) is 28.8. The molecule has 1 atom stereocenters. The molecule has 2 saturated heterocycles. The Balaban J connectivity index is 1.65. The molecule has 0 aromatic rings. The molecule has 17 heavy (non-hydrogen) atoms. The van der Waals surface area contributed by atoms with Crippen LogP contribution in [0.3, 0.4) is 0 Å². The fraction of sp³-hybridized carbons (Fsp3) is 1.00. The van der Waals surface area contributed by atoms with Crippen molar-refractivity contribution < 1.29 is 0 Å². The molecule has 2 aliphatic rings. The molecule has 2 heterocycles. The van der Waals surface area contributed by atoms with Crippen molar-refractivity contribution in [3.8, 4) is 0 Å². The Kier molecular flexibility index (Phi) is 4.45. The standard InChI is InChI=1S/C14H29N3/c1-14(2,3)17-10-8-16(9-11-17)7-5-13-4-6-15-12-13/h13,15H,4-12H2,1-3H3. The zero-order chi connectivity index (χ0) is 12.3. The number of nitrogens with zero attached hydrogens (tertiary/aromatic N) is 2. The predicted molar refractivity (Wildman–Crippen MR) is 73.4 cm³/mol. The van der Waals surface area contributed by atoms with Crippen LogP contribution in [0.1, 0.15) is 33.6 Å². The lowest BCUT2D eigenvalue weighted by Gasteiger charge is -2.42. The molecule has 0 aliphatic carbocycles. The number of hydrogen-bond donors (Lipinski definition) is 1. The van der Waals surface area contributed by atoms with Crippen molar-refractivity contribution in [1.29, 1.82) is 0 Å². The van der Waals surface area contributed by atoms with E-state index >= 15 is 0 Å². The van der Waals surface area contributed by atoms with Crippen molar-refractivity contribution in [2.75, 3.05) is 45.8 Å². The largest absolute Gasteiger partial charge is 0.316 e. The minimum absolute atomic E-state index is 0.349. The van der Waals surface area contributed by atoms with Crippen molar-refractivity contribution in [3.05, 3.63) is 0 Å². The number of rotatable bonds is 3. The van der Waals surface area contributed by atoms with Gasteiger partial charge in [-0.15, -0.1) is 0 Å². The molecular weight excluding hydrogens is 210 g/mol. The van der Waals surface area contributed by atoms with Gasteiger partial charge in [0, 0.05) is 31.7 Å². The van der Waals surface area contributed by atoms with Gasteiger partial charge in [-0.1, -0.05) is 0 Å². The van der Waals surface area contributed by atoms with E-state index in [2.05, 4.69) is 35.9 Å². The van der Waals surface area contributed by atoms with E-state index in [1.165, 1.54) is 58.7 Å². The van der Waals surface area contributed by atoms with Crippen LogP contribution in [0.5, 0.6) is 0 Å². The fourth-order valence-corrected chi connectivity index (χ4v) is 2.97. The highest BCUT2D eigenvalue weighted by Gasteiger charge is 2.26. The topological polar surface area (TPSA) is 18.5 Å². The summed E-state index contributed by atoms with van der Waals surface area (Å²) in [6.07, 6.45) is 2.78. The van der Waals surface area contributed by atoms with E-state index in [4.69, 9.17) is 0 Å². The lowest BCUT2D eigenvalue weighted by atomic mass is 10.0. The summed E-state index contributed by atoms with van der Waals surface area (Å²) in [5.74, 6) is 0.940. The van der Waals surface area contributed by atoms with Gasteiger partial charge in [0.15, 0.2) is 0 Å². The second kappa shape index (κ2) is 5.68. The third kappa shape index (κ3) is 3.94. The molecule has 0 amide bonds. The molecule has 0 radical (unpaired) electrons. The van der Waals surface area contributed by atoms with E-state index in [0.29, 0.717) is 5.54 Å². The van der Waals surface area contributed by atoms with Crippen LogP contribution < -0.4 is 5.32 Å². The minimum Gasteiger partial charge on any atom is -0.316 e. The third-order valence-corrected chi connectivity index (χ3v) is 4.34. The lowest BCUT2D eigenvalue weighted by Crippen LogP contribution is -2.53. The smallest absolute Gasteiger partial charge is 0.0126 e. The number of hydrogen-bond acceptors (Lipinski definition) is 3. The van der Waals surface area contributed by atoms with Crippen molar-refractivity contribution in [2.45, 2.75) is 39.2 Å². The van der Waals surface area contributed by atoms with Gasteiger partial charge >= 0.3 is 0 Å². The van der Waals surface area contributed by atoms with Crippen LogP contribution in [0.4, 0.5) is 0 Å². The van der Waals surface area contributed by atoms with Crippen LogP contribution in [0.2, 0.25) is 0 Å². The summed E-state index contributed by atoms with van der Waals surface area (Å²) in [6, 6.07) is 0. The average Bonchev–Trinajstić information content (AvgIpc) is 2.78. The molecule has 0 saturated carbocycles. The third-order valence-electron chi connectivity index (χ3n) is 4.34. The Hall–Kier alpha value is -0.120. The zero-order valence-corrected chi connectivity index (χ0v) is 11.8. The van der Waals surface area contributed by atoms with Crippen molar-refractivity contribution in [3.63, 3.8) is 0 Å². The van der Waals surface area contributed by atoms with Crippen molar-refractivity contribution in [1.82, 2.24) is 15.1 Å². The summed E-state index contributed by atoms with van der Waals surface area (Å²) in [6.45, 7) is 15.8. The summed E-state index contributed by atoms with van der Waals surface area (Å²) in [4.78, 5) is 5.27. The number of nitrogens with one attached hydrogen (secondary N) is 1. The molecule has 0 aromatic heterocycles. The van der Waals surface area contributed by atoms with E-state index in [9.17, 15) is 0 Å². The Labute approximate surface area is 107 Å².